The molecule has 0 heterocycles. The lowest BCUT2D eigenvalue weighted by Crippen LogP contribution is -2.03. The standard InChI is InChI=1S/C12H6N4O3/c13-4-7(5-14)10(6-15)16-8-1-2-11(17)9(3-8)12(18)19/h1-3,16-17H,(H,18,19). The summed E-state index contributed by atoms with van der Waals surface area (Å²) >= 11 is 0. The largest absolute Gasteiger partial charge is 0.507 e. The number of benzene rings is 1. The van der Waals surface area contributed by atoms with Crippen molar-refractivity contribution in [1.29, 1.82) is 15.8 Å². The number of nitrogens with zero attached hydrogens (tertiary/aromatic N) is 3. The van der Waals surface area contributed by atoms with Gasteiger partial charge in [-0.3, -0.25) is 0 Å². The lowest BCUT2D eigenvalue weighted by molar-refractivity contribution is 0.0694. The number of anilines is 1. The van der Waals surface area contributed by atoms with Gasteiger partial charge in [-0.2, -0.15) is 15.8 Å². The minimum Gasteiger partial charge on any atom is -0.507 e. The Hall–Kier alpha value is -3.50. The van der Waals surface area contributed by atoms with E-state index in [1.165, 1.54) is 18.2 Å². The van der Waals surface area contributed by atoms with Gasteiger partial charge < -0.3 is 15.5 Å². The first kappa shape index (κ1) is 13.6. The molecule has 0 saturated heterocycles. The average molecular weight is 254 g/mol. The topological polar surface area (TPSA) is 141 Å². The zero-order valence-corrected chi connectivity index (χ0v) is 9.38. The van der Waals surface area contributed by atoms with E-state index in [4.69, 9.17) is 20.9 Å². The summed E-state index contributed by atoms with van der Waals surface area (Å²) in [6.07, 6.45) is 0. The van der Waals surface area contributed by atoms with E-state index in [9.17, 15) is 9.90 Å². The van der Waals surface area contributed by atoms with Crippen molar-refractivity contribution in [2.75, 3.05) is 5.32 Å². The van der Waals surface area contributed by atoms with Crippen molar-refractivity contribution in [3.63, 3.8) is 0 Å². The van der Waals surface area contributed by atoms with Crippen LogP contribution in [-0.2, 0) is 0 Å². The zero-order valence-electron chi connectivity index (χ0n) is 9.38. The number of hydrogen-bond donors (Lipinski definition) is 3. The normalized spacial score (nSPS) is 8.47. The van der Waals surface area contributed by atoms with Crippen LogP contribution in [0.25, 0.3) is 0 Å². The molecule has 0 aliphatic rings. The molecule has 1 aromatic rings. The Bertz CT molecular complexity index is 670. The fourth-order valence-corrected chi connectivity index (χ4v) is 1.21. The Balaban J connectivity index is 3.22. The number of aromatic carboxylic acids is 1. The minimum absolute atomic E-state index is 0.162. The summed E-state index contributed by atoms with van der Waals surface area (Å²) in [5.41, 5.74) is -0.924. The maximum atomic E-state index is 10.8. The molecule has 0 radical (unpaired) electrons. The Morgan fingerprint density at radius 1 is 1.16 bits per heavy atom. The van der Waals surface area contributed by atoms with Crippen LogP contribution < -0.4 is 5.32 Å². The second-order valence-corrected chi connectivity index (χ2v) is 3.25. The SMILES string of the molecule is N#CC(C#N)=C(C#N)Nc1ccc(O)c(C(=O)O)c1. The predicted octanol–water partition coefficient (Wildman–Crippen LogP) is 1.33. The van der Waals surface area contributed by atoms with Gasteiger partial charge in [-0.05, 0) is 18.2 Å². The molecule has 7 heteroatoms. The molecular weight excluding hydrogens is 248 g/mol. The van der Waals surface area contributed by atoms with Gasteiger partial charge in [0.1, 0.15) is 35.2 Å². The summed E-state index contributed by atoms with van der Waals surface area (Å²) in [7, 11) is 0. The molecule has 0 spiro atoms. The number of aromatic hydroxyl groups is 1. The molecule has 0 atom stereocenters. The molecule has 0 amide bonds. The fraction of sp³-hybridized carbons (Fsp3) is 0. The number of carbonyl (C=O) groups is 1. The maximum Gasteiger partial charge on any atom is 0.339 e. The molecule has 0 saturated carbocycles. The maximum absolute atomic E-state index is 10.8. The number of phenols is 1. The summed E-state index contributed by atoms with van der Waals surface area (Å²) in [5, 5.41) is 46.7. The Morgan fingerprint density at radius 2 is 1.79 bits per heavy atom. The first-order valence-corrected chi connectivity index (χ1v) is 4.81. The van der Waals surface area contributed by atoms with E-state index < -0.39 is 17.3 Å². The second kappa shape index (κ2) is 5.72. The smallest absolute Gasteiger partial charge is 0.339 e. The van der Waals surface area contributed by atoms with Crippen LogP contribution in [0, 0.1) is 34.0 Å². The van der Waals surface area contributed by atoms with Crippen molar-refractivity contribution < 1.29 is 15.0 Å². The van der Waals surface area contributed by atoms with Gasteiger partial charge in [0.05, 0.1) is 0 Å². The van der Waals surface area contributed by atoms with Crippen LogP contribution in [0.2, 0.25) is 0 Å². The monoisotopic (exact) mass is 254 g/mol. The molecular formula is C12H6N4O3. The van der Waals surface area contributed by atoms with E-state index in [-0.39, 0.29) is 16.9 Å². The van der Waals surface area contributed by atoms with Gasteiger partial charge in [0, 0.05) is 5.69 Å². The molecule has 92 valence electrons. The number of carboxylic acids is 1. The first-order valence-electron chi connectivity index (χ1n) is 4.81. The Kier molecular flexibility index (Phi) is 4.08. The lowest BCUT2D eigenvalue weighted by Gasteiger charge is -2.06. The van der Waals surface area contributed by atoms with Crippen molar-refractivity contribution in [3.8, 4) is 24.0 Å². The molecule has 0 aliphatic carbocycles. The Morgan fingerprint density at radius 3 is 2.26 bits per heavy atom. The molecule has 1 rings (SSSR count). The van der Waals surface area contributed by atoms with Crippen LogP contribution in [0.3, 0.4) is 0 Å². The van der Waals surface area contributed by atoms with Gasteiger partial charge in [0.2, 0.25) is 0 Å². The molecule has 0 unspecified atom stereocenters. The summed E-state index contributed by atoms with van der Waals surface area (Å²) < 4.78 is 0. The number of nitriles is 3. The van der Waals surface area contributed by atoms with E-state index in [0.717, 1.165) is 12.1 Å². The molecule has 0 bridgehead atoms. The quantitative estimate of drug-likeness (QED) is 0.545. The number of rotatable bonds is 3. The summed E-state index contributed by atoms with van der Waals surface area (Å²) in [6, 6.07) is 8.23. The summed E-state index contributed by atoms with van der Waals surface area (Å²) in [4.78, 5) is 10.8. The molecule has 7 nitrogen and oxygen atoms in total. The average Bonchev–Trinajstić information content (AvgIpc) is 2.40. The van der Waals surface area contributed by atoms with E-state index in [1.54, 1.807) is 6.07 Å². The third-order valence-electron chi connectivity index (χ3n) is 2.08. The van der Waals surface area contributed by atoms with Crippen molar-refractivity contribution in [1.82, 2.24) is 0 Å². The van der Waals surface area contributed by atoms with Crippen LogP contribution in [0.1, 0.15) is 10.4 Å². The van der Waals surface area contributed by atoms with Gasteiger partial charge in [0.15, 0.2) is 5.57 Å². The predicted molar refractivity (Wildman–Crippen MR) is 62.6 cm³/mol. The summed E-state index contributed by atoms with van der Waals surface area (Å²) in [6.45, 7) is 0. The Labute approximate surface area is 107 Å². The van der Waals surface area contributed by atoms with E-state index in [0.29, 0.717) is 0 Å². The third kappa shape index (κ3) is 3.00. The number of carboxylic acid groups (broad SMARTS) is 1. The third-order valence-corrected chi connectivity index (χ3v) is 2.08. The van der Waals surface area contributed by atoms with Gasteiger partial charge in [0.25, 0.3) is 0 Å². The van der Waals surface area contributed by atoms with Gasteiger partial charge in [-0.1, -0.05) is 0 Å². The highest BCUT2D eigenvalue weighted by Gasteiger charge is 2.12. The van der Waals surface area contributed by atoms with E-state index in [1.807, 2.05) is 0 Å². The number of nitrogens with one attached hydrogen (secondary N) is 1. The van der Waals surface area contributed by atoms with Crippen molar-refractivity contribution in [2.24, 2.45) is 0 Å². The first-order chi connectivity index (χ1) is 9.03. The molecule has 0 fully saturated rings. The van der Waals surface area contributed by atoms with Crippen LogP contribution in [0.15, 0.2) is 29.5 Å². The minimum atomic E-state index is -1.34. The highest BCUT2D eigenvalue weighted by atomic mass is 16.4. The molecule has 0 aliphatic heterocycles. The second-order valence-electron chi connectivity index (χ2n) is 3.25. The van der Waals surface area contributed by atoms with E-state index in [2.05, 4.69) is 5.32 Å². The van der Waals surface area contributed by atoms with Gasteiger partial charge in [-0.15, -0.1) is 0 Å². The van der Waals surface area contributed by atoms with Gasteiger partial charge in [-0.25, -0.2) is 4.79 Å². The lowest BCUT2D eigenvalue weighted by atomic mass is 10.1. The zero-order chi connectivity index (χ0) is 14.4. The highest BCUT2D eigenvalue weighted by Crippen LogP contribution is 2.22. The summed E-state index contributed by atoms with van der Waals surface area (Å²) in [5.74, 6) is -1.77. The van der Waals surface area contributed by atoms with Crippen molar-refractivity contribution in [2.45, 2.75) is 0 Å². The van der Waals surface area contributed by atoms with Crippen LogP contribution in [0.4, 0.5) is 5.69 Å². The van der Waals surface area contributed by atoms with Crippen LogP contribution >= 0.6 is 0 Å². The number of hydrogen-bond acceptors (Lipinski definition) is 6. The van der Waals surface area contributed by atoms with Crippen molar-refractivity contribution >= 4 is 11.7 Å². The van der Waals surface area contributed by atoms with Crippen LogP contribution in [-0.4, -0.2) is 16.2 Å². The fourth-order valence-electron chi connectivity index (χ4n) is 1.21. The van der Waals surface area contributed by atoms with E-state index >= 15 is 0 Å². The van der Waals surface area contributed by atoms with Crippen LogP contribution in [0.5, 0.6) is 5.75 Å². The highest BCUT2D eigenvalue weighted by molar-refractivity contribution is 5.92. The molecule has 3 N–H and O–H groups in total. The molecule has 1 aromatic carbocycles. The van der Waals surface area contributed by atoms with Crippen molar-refractivity contribution in [3.05, 3.63) is 35.0 Å². The van der Waals surface area contributed by atoms with Gasteiger partial charge >= 0.3 is 5.97 Å². The molecule has 19 heavy (non-hydrogen) atoms. The molecule has 0 aromatic heterocycles. The number of allylic oxidation sites excluding steroid dienone is 2.